The van der Waals surface area contributed by atoms with E-state index in [0.717, 1.165) is 18.6 Å². The van der Waals surface area contributed by atoms with Crippen molar-refractivity contribution in [1.29, 1.82) is 0 Å². The Morgan fingerprint density at radius 2 is 1.81 bits per heavy atom. The number of ether oxygens (including phenoxy) is 1. The summed E-state index contributed by atoms with van der Waals surface area (Å²) in [7, 11) is 0. The molecule has 3 nitrogen and oxygen atoms in total. The zero-order chi connectivity index (χ0) is 14.3. The van der Waals surface area contributed by atoms with Crippen LogP contribution in [0.3, 0.4) is 0 Å². The molecule has 3 fully saturated rings. The highest BCUT2D eigenvalue weighted by Gasteiger charge is 2.27. The van der Waals surface area contributed by atoms with Gasteiger partial charge in [0.2, 0.25) is 0 Å². The van der Waals surface area contributed by atoms with Gasteiger partial charge in [0.1, 0.15) is 0 Å². The fourth-order valence-electron chi connectivity index (χ4n) is 4.44. The van der Waals surface area contributed by atoms with Crippen molar-refractivity contribution < 1.29 is 4.74 Å². The topological polar surface area (TPSA) is 24.5 Å². The molecule has 0 aromatic carbocycles. The van der Waals surface area contributed by atoms with E-state index in [2.05, 4.69) is 10.2 Å². The van der Waals surface area contributed by atoms with Crippen LogP contribution >= 0.6 is 0 Å². The lowest BCUT2D eigenvalue weighted by Gasteiger charge is -2.33. The molecule has 0 radical (unpaired) electrons. The molecule has 0 spiro atoms. The van der Waals surface area contributed by atoms with Crippen LogP contribution in [0.2, 0.25) is 0 Å². The quantitative estimate of drug-likeness (QED) is 0.862. The molecule has 1 N–H and O–H groups in total. The summed E-state index contributed by atoms with van der Waals surface area (Å²) in [6.07, 6.45) is 14.3. The number of hydrogen-bond donors (Lipinski definition) is 1. The van der Waals surface area contributed by atoms with Crippen LogP contribution in [0, 0.1) is 5.92 Å². The minimum absolute atomic E-state index is 0.545. The number of hydrogen-bond acceptors (Lipinski definition) is 3. The number of nitrogens with zero attached hydrogens (tertiary/aromatic N) is 1. The van der Waals surface area contributed by atoms with Gasteiger partial charge in [-0.05, 0) is 64.0 Å². The van der Waals surface area contributed by atoms with Gasteiger partial charge in [0.25, 0.3) is 0 Å². The maximum atomic E-state index is 5.90. The maximum absolute atomic E-state index is 5.90. The van der Waals surface area contributed by atoms with E-state index in [4.69, 9.17) is 4.74 Å². The highest BCUT2D eigenvalue weighted by Crippen LogP contribution is 2.27. The Bertz CT molecular complexity index is 285. The Hall–Kier alpha value is -0.120. The Kier molecular flexibility index (Phi) is 6.38. The monoisotopic (exact) mass is 294 g/mol. The first-order chi connectivity index (χ1) is 10.4. The van der Waals surface area contributed by atoms with E-state index in [0.29, 0.717) is 6.10 Å². The van der Waals surface area contributed by atoms with Gasteiger partial charge in [-0.2, -0.15) is 0 Å². The summed E-state index contributed by atoms with van der Waals surface area (Å²) in [5.74, 6) is 0.935. The molecule has 3 rings (SSSR count). The Balaban J connectivity index is 1.45. The lowest BCUT2D eigenvalue weighted by atomic mass is 9.83. The Morgan fingerprint density at radius 1 is 0.952 bits per heavy atom. The van der Waals surface area contributed by atoms with Gasteiger partial charge in [-0.15, -0.1) is 0 Å². The van der Waals surface area contributed by atoms with Gasteiger partial charge in [-0.3, -0.25) is 0 Å². The highest BCUT2D eigenvalue weighted by atomic mass is 16.5. The van der Waals surface area contributed by atoms with E-state index in [1.54, 1.807) is 0 Å². The van der Waals surface area contributed by atoms with Crippen LogP contribution in [0.15, 0.2) is 0 Å². The van der Waals surface area contributed by atoms with E-state index in [1.807, 2.05) is 0 Å². The molecule has 2 aliphatic heterocycles. The second-order valence-corrected chi connectivity index (χ2v) is 7.39. The molecule has 2 atom stereocenters. The lowest BCUT2D eigenvalue weighted by molar-refractivity contribution is 0.00507. The van der Waals surface area contributed by atoms with E-state index < -0.39 is 0 Å². The van der Waals surface area contributed by atoms with Gasteiger partial charge in [-0.1, -0.05) is 19.3 Å². The third-order valence-electron chi connectivity index (χ3n) is 5.77. The molecule has 122 valence electrons. The van der Waals surface area contributed by atoms with Crippen molar-refractivity contribution in [2.75, 3.05) is 32.8 Å². The molecular formula is C18H34N2O. The summed E-state index contributed by atoms with van der Waals surface area (Å²) in [6, 6.07) is 0.750. The van der Waals surface area contributed by atoms with Crippen LogP contribution in [0.25, 0.3) is 0 Å². The highest BCUT2D eigenvalue weighted by molar-refractivity contribution is 4.84. The molecule has 1 aliphatic carbocycles. The van der Waals surface area contributed by atoms with Crippen molar-refractivity contribution in [1.82, 2.24) is 10.2 Å². The number of nitrogens with one attached hydrogen (secondary N) is 1. The standard InChI is InChI=1S/C18H34N2O/c1-2-7-16(8-3-1)18-15-20(12-6-11-19-18)13-10-17-9-4-5-14-21-17/h16-19H,1-15H2. The van der Waals surface area contributed by atoms with Crippen molar-refractivity contribution in [2.24, 2.45) is 5.92 Å². The largest absolute Gasteiger partial charge is 0.378 e. The molecule has 0 bridgehead atoms. The van der Waals surface area contributed by atoms with Crippen LogP contribution in [0.5, 0.6) is 0 Å². The number of rotatable bonds is 4. The molecule has 2 saturated heterocycles. The molecule has 0 aromatic heterocycles. The SMILES string of the molecule is C1CCC(C2CN(CCC3CCCCO3)CCCN2)CC1. The maximum Gasteiger partial charge on any atom is 0.0587 e. The van der Waals surface area contributed by atoms with Crippen molar-refractivity contribution in [3.63, 3.8) is 0 Å². The van der Waals surface area contributed by atoms with E-state index in [-0.39, 0.29) is 0 Å². The fourth-order valence-corrected chi connectivity index (χ4v) is 4.44. The first-order valence-electron chi connectivity index (χ1n) is 9.49. The minimum atomic E-state index is 0.545. The van der Waals surface area contributed by atoms with Gasteiger partial charge in [0.05, 0.1) is 6.10 Å². The van der Waals surface area contributed by atoms with Gasteiger partial charge in [0, 0.05) is 25.7 Å². The average Bonchev–Trinajstić information content (AvgIpc) is 2.80. The van der Waals surface area contributed by atoms with E-state index in [9.17, 15) is 0 Å². The van der Waals surface area contributed by atoms with Crippen LogP contribution in [0.4, 0.5) is 0 Å². The second kappa shape index (κ2) is 8.50. The Morgan fingerprint density at radius 3 is 2.62 bits per heavy atom. The minimum Gasteiger partial charge on any atom is -0.378 e. The zero-order valence-electron chi connectivity index (χ0n) is 13.7. The summed E-state index contributed by atoms with van der Waals surface area (Å²) < 4.78 is 5.90. The molecule has 2 unspecified atom stereocenters. The van der Waals surface area contributed by atoms with E-state index in [1.165, 1.54) is 90.4 Å². The first kappa shape index (κ1) is 15.8. The van der Waals surface area contributed by atoms with Gasteiger partial charge in [0.15, 0.2) is 0 Å². The van der Waals surface area contributed by atoms with Crippen molar-refractivity contribution in [2.45, 2.75) is 76.4 Å². The van der Waals surface area contributed by atoms with Crippen molar-refractivity contribution in [3.8, 4) is 0 Å². The lowest BCUT2D eigenvalue weighted by Crippen LogP contribution is -2.44. The van der Waals surface area contributed by atoms with Crippen LogP contribution in [-0.4, -0.2) is 49.8 Å². The first-order valence-corrected chi connectivity index (χ1v) is 9.49. The second-order valence-electron chi connectivity index (χ2n) is 7.39. The van der Waals surface area contributed by atoms with Crippen LogP contribution in [-0.2, 0) is 4.74 Å². The normalized spacial score (nSPS) is 33.7. The molecule has 0 amide bonds. The van der Waals surface area contributed by atoms with E-state index >= 15 is 0 Å². The smallest absolute Gasteiger partial charge is 0.0587 e. The van der Waals surface area contributed by atoms with Crippen molar-refractivity contribution in [3.05, 3.63) is 0 Å². The molecule has 3 heteroatoms. The third kappa shape index (κ3) is 4.94. The van der Waals surface area contributed by atoms with Gasteiger partial charge in [-0.25, -0.2) is 0 Å². The molecule has 1 saturated carbocycles. The fraction of sp³-hybridized carbons (Fsp3) is 1.00. The third-order valence-corrected chi connectivity index (χ3v) is 5.77. The average molecular weight is 294 g/mol. The summed E-state index contributed by atoms with van der Waals surface area (Å²) in [6.45, 7) is 6.02. The molecule has 0 aromatic rings. The summed E-state index contributed by atoms with van der Waals surface area (Å²) in [5, 5.41) is 3.85. The summed E-state index contributed by atoms with van der Waals surface area (Å²) in [4.78, 5) is 2.72. The molecule has 21 heavy (non-hydrogen) atoms. The Labute approximate surface area is 130 Å². The zero-order valence-corrected chi connectivity index (χ0v) is 13.7. The predicted molar refractivity (Wildman–Crippen MR) is 87.6 cm³/mol. The predicted octanol–water partition coefficient (Wildman–Crippen LogP) is 3.19. The molecule has 2 heterocycles. The molecular weight excluding hydrogens is 260 g/mol. The van der Waals surface area contributed by atoms with Gasteiger partial charge >= 0.3 is 0 Å². The molecule has 3 aliphatic rings. The van der Waals surface area contributed by atoms with Crippen LogP contribution < -0.4 is 5.32 Å². The van der Waals surface area contributed by atoms with Crippen LogP contribution in [0.1, 0.15) is 64.2 Å². The summed E-state index contributed by atoms with van der Waals surface area (Å²) in [5.41, 5.74) is 0. The van der Waals surface area contributed by atoms with Crippen molar-refractivity contribution >= 4 is 0 Å². The summed E-state index contributed by atoms with van der Waals surface area (Å²) >= 11 is 0. The van der Waals surface area contributed by atoms with Gasteiger partial charge < -0.3 is 15.0 Å².